The predicted octanol–water partition coefficient (Wildman–Crippen LogP) is 23.0. The van der Waals surface area contributed by atoms with Gasteiger partial charge in [-0.3, -0.25) is 14.4 Å². The maximum atomic E-state index is 12.9. The molecule has 0 aromatic heterocycles. The van der Waals surface area contributed by atoms with Crippen molar-refractivity contribution in [2.24, 2.45) is 0 Å². The third-order valence-electron chi connectivity index (χ3n) is 14.3. The topological polar surface area (TPSA) is 78.9 Å². The summed E-state index contributed by atoms with van der Waals surface area (Å²) in [5.74, 6) is -1.03. The normalized spacial score (nSPS) is 12.8. The van der Waals surface area contributed by atoms with Crippen LogP contribution in [-0.2, 0) is 28.6 Å². The average Bonchev–Trinajstić information content (AvgIpc) is 3.45. The molecule has 0 bridgehead atoms. The van der Waals surface area contributed by atoms with Crippen LogP contribution in [-0.4, -0.2) is 37.2 Å². The minimum Gasteiger partial charge on any atom is -0.462 e. The Hall–Kier alpha value is -3.93. The first-order valence-electron chi connectivity index (χ1n) is 33.4. The Labute approximate surface area is 489 Å². The van der Waals surface area contributed by atoms with Crippen LogP contribution in [0.15, 0.2) is 109 Å². The Morgan fingerprint density at radius 2 is 0.544 bits per heavy atom. The molecule has 0 aliphatic heterocycles. The summed E-state index contributed by atoms with van der Waals surface area (Å²) in [4.78, 5) is 38.3. The average molecular weight is 1100 g/mol. The molecule has 6 nitrogen and oxygen atoms in total. The summed E-state index contributed by atoms with van der Waals surface area (Å²) in [5.41, 5.74) is 0. The Morgan fingerprint density at radius 3 is 0.886 bits per heavy atom. The molecule has 0 rings (SSSR count). The molecule has 0 saturated carbocycles. The molecule has 0 heterocycles. The molecule has 0 saturated heterocycles. The second-order valence-corrected chi connectivity index (χ2v) is 22.0. The van der Waals surface area contributed by atoms with Gasteiger partial charge >= 0.3 is 17.9 Å². The Balaban J connectivity index is 4.39. The largest absolute Gasteiger partial charge is 0.462 e. The molecule has 0 fully saturated rings. The van der Waals surface area contributed by atoms with Crippen LogP contribution in [0.4, 0.5) is 0 Å². The van der Waals surface area contributed by atoms with E-state index in [1.807, 2.05) is 6.08 Å². The first kappa shape index (κ1) is 75.1. The van der Waals surface area contributed by atoms with Crippen LogP contribution in [0, 0.1) is 0 Å². The van der Waals surface area contributed by atoms with E-state index in [2.05, 4.69) is 118 Å². The lowest BCUT2D eigenvalue weighted by molar-refractivity contribution is -0.166. The molecular formula is C73H124O6. The molecule has 1 unspecified atom stereocenters. The van der Waals surface area contributed by atoms with E-state index < -0.39 is 12.1 Å². The number of carbonyl (C=O) groups is 3. The highest BCUT2D eigenvalue weighted by Crippen LogP contribution is 2.17. The molecule has 0 spiro atoms. The van der Waals surface area contributed by atoms with Crippen molar-refractivity contribution in [1.82, 2.24) is 0 Å². The van der Waals surface area contributed by atoms with Crippen molar-refractivity contribution in [3.05, 3.63) is 109 Å². The van der Waals surface area contributed by atoms with E-state index >= 15 is 0 Å². The minimum absolute atomic E-state index is 0.109. The minimum atomic E-state index is -0.821. The van der Waals surface area contributed by atoms with Crippen LogP contribution in [0.25, 0.3) is 0 Å². The van der Waals surface area contributed by atoms with Crippen molar-refractivity contribution in [1.29, 1.82) is 0 Å². The van der Waals surface area contributed by atoms with Gasteiger partial charge in [0.2, 0.25) is 0 Å². The van der Waals surface area contributed by atoms with E-state index in [0.29, 0.717) is 12.8 Å². The maximum Gasteiger partial charge on any atom is 0.309 e. The quantitative estimate of drug-likeness (QED) is 0.0261. The van der Waals surface area contributed by atoms with Crippen molar-refractivity contribution in [3.63, 3.8) is 0 Å². The monoisotopic (exact) mass is 1100 g/mol. The van der Waals surface area contributed by atoms with Gasteiger partial charge in [-0.1, -0.05) is 323 Å². The number of unbranched alkanes of at least 4 members (excludes halogenated alkanes) is 32. The lowest BCUT2D eigenvalue weighted by Crippen LogP contribution is -2.30. The number of ether oxygens (including phenoxy) is 3. The number of hydrogen-bond acceptors (Lipinski definition) is 6. The molecule has 1 atom stereocenters. The molecule has 0 aliphatic carbocycles. The molecule has 0 aromatic rings. The van der Waals surface area contributed by atoms with Gasteiger partial charge < -0.3 is 14.2 Å². The second-order valence-electron chi connectivity index (χ2n) is 22.0. The fraction of sp³-hybridized carbons (Fsp3) is 0.712. The summed E-state index contributed by atoms with van der Waals surface area (Å²) < 4.78 is 16.8. The van der Waals surface area contributed by atoms with Gasteiger partial charge in [-0.05, 0) is 83.5 Å². The van der Waals surface area contributed by atoms with Gasteiger partial charge in [-0.15, -0.1) is 0 Å². The summed E-state index contributed by atoms with van der Waals surface area (Å²) in [6.45, 7) is 6.36. The molecule has 0 amide bonds. The summed E-state index contributed by atoms with van der Waals surface area (Å²) in [6, 6.07) is 0. The summed E-state index contributed by atoms with van der Waals surface area (Å²) in [7, 11) is 0. The lowest BCUT2D eigenvalue weighted by atomic mass is 10.0. The number of carbonyl (C=O) groups excluding carboxylic acids is 3. The van der Waals surface area contributed by atoms with E-state index in [1.165, 1.54) is 180 Å². The molecule has 6 heteroatoms. The SMILES string of the molecule is CC/C=C\C/C=C\C/C=C\C/C=C\C/C=C\CC(=O)OCC(COC(=O)CCCCCCCCCCCC/C=C\C/C=C\C/C=C\C/C=C\CC)OC(=O)CCCCCCCCCCCCCCCCCCCCCCCCC. The highest BCUT2D eigenvalue weighted by Gasteiger charge is 2.19. The van der Waals surface area contributed by atoms with Crippen LogP contribution < -0.4 is 0 Å². The van der Waals surface area contributed by atoms with Crippen LogP contribution in [0.1, 0.15) is 316 Å². The Morgan fingerprint density at radius 1 is 0.278 bits per heavy atom. The lowest BCUT2D eigenvalue weighted by Gasteiger charge is -2.18. The van der Waals surface area contributed by atoms with Crippen LogP contribution in [0.5, 0.6) is 0 Å². The van der Waals surface area contributed by atoms with Crippen molar-refractivity contribution >= 4 is 17.9 Å². The van der Waals surface area contributed by atoms with Crippen molar-refractivity contribution in [2.75, 3.05) is 13.2 Å². The van der Waals surface area contributed by atoms with Crippen LogP contribution in [0.3, 0.4) is 0 Å². The van der Waals surface area contributed by atoms with Crippen LogP contribution in [0.2, 0.25) is 0 Å². The summed E-state index contributed by atoms with van der Waals surface area (Å²) in [6.07, 6.45) is 91.3. The molecule has 452 valence electrons. The number of hydrogen-bond donors (Lipinski definition) is 0. The van der Waals surface area contributed by atoms with E-state index in [-0.39, 0.29) is 31.6 Å². The van der Waals surface area contributed by atoms with Crippen molar-refractivity contribution in [3.8, 4) is 0 Å². The number of esters is 3. The predicted molar refractivity (Wildman–Crippen MR) is 343 cm³/mol. The number of rotatable bonds is 60. The molecule has 0 radical (unpaired) electrons. The third-order valence-corrected chi connectivity index (χ3v) is 14.3. The van der Waals surface area contributed by atoms with Gasteiger partial charge in [0.25, 0.3) is 0 Å². The van der Waals surface area contributed by atoms with Gasteiger partial charge in [0.05, 0.1) is 6.42 Å². The van der Waals surface area contributed by atoms with Gasteiger partial charge in [0, 0.05) is 12.8 Å². The van der Waals surface area contributed by atoms with Crippen molar-refractivity contribution < 1.29 is 28.6 Å². The van der Waals surface area contributed by atoms with Crippen molar-refractivity contribution in [2.45, 2.75) is 322 Å². The highest BCUT2D eigenvalue weighted by atomic mass is 16.6. The second kappa shape index (κ2) is 66.6. The molecule has 79 heavy (non-hydrogen) atoms. The molecule has 0 aromatic carbocycles. The summed E-state index contributed by atoms with van der Waals surface area (Å²) >= 11 is 0. The third kappa shape index (κ3) is 64.8. The fourth-order valence-corrected chi connectivity index (χ4v) is 9.39. The fourth-order valence-electron chi connectivity index (χ4n) is 9.39. The maximum absolute atomic E-state index is 12.9. The Bertz CT molecular complexity index is 1590. The van der Waals surface area contributed by atoms with Crippen LogP contribution >= 0.6 is 0 Å². The van der Waals surface area contributed by atoms with Gasteiger partial charge in [-0.25, -0.2) is 0 Å². The van der Waals surface area contributed by atoms with Gasteiger partial charge in [0.15, 0.2) is 6.10 Å². The zero-order chi connectivity index (χ0) is 57.1. The zero-order valence-electron chi connectivity index (χ0n) is 51.9. The first-order valence-corrected chi connectivity index (χ1v) is 33.4. The van der Waals surface area contributed by atoms with E-state index in [9.17, 15) is 14.4 Å². The number of allylic oxidation sites excluding steroid dienone is 17. The highest BCUT2D eigenvalue weighted by molar-refractivity contribution is 5.72. The summed E-state index contributed by atoms with van der Waals surface area (Å²) in [5, 5.41) is 0. The molecule has 0 aliphatic rings. The van der Waals surface area contributed by atoms with E-state index in [1.54, 1.807) is 6.08 Å². The zero-order valence-corrected chi connectivity index (χ0v) is 51.9. The first-order chi connectivity index (χ1) is 39.0. The molecular weight excluding hydrogens is 973 g/mol. The molecule has 0 N–H and O–H groups in total. The van der Waals surface area contributed by atoms with Gasteiger partial charge in [-0.2, -0.15) is 0 Å². The van der Waals surface area contributed by atoms with E-state index in [4.69, 9.17) is 14.2 Å². The van der Waals surface area contributed by atoms with E-state index in [0.717, 1.165) is 96.3 Å². The van der Waals surface area contributed by atoms with Gasteiger partial charge in [0.1, 0.15) is 13.2 Å². The Kier molecular flexibility index (Phi) is 63.3. The standard InChI is InChI=1S/C73H124O6/c1-4-7-10-13-16-19-22-25-28-30-32-34-36-38-40-42-45-48-51-54-57-60-63-66-72(75)78-69-70(68-77-71(74)65-62-59-56-53-50-47-44-27-24-21-18-15-12-9-6-3)79-73(76)67-64-61-58-55-52-49-46-43-41-39-37-35-33-31-29-26-23-20-17-14-11-8-5-2/h7,9-10,12,16,18-19,21,25,27-28,32,34,44,50,53,59,62,70H,4-6,8,11,13-15,17,20,22-24,26,29-31,33,35-43,45-49,51-52,54-58,60-61,63-69H2,1-3H3/b10-7-,12-9-,19-16-,21-18-,28-25-,34-32-,44-27-,53-50-,62-59-. The smallest absolute Gasteiger partial charge is 0.309 e.